The molecule has 0 saturated carbocycles. The molecule has 6 nitrogen and oxygen atoms in total. The fourth-order valence-corrected chi connectivity index (χ4v) is 4.47. The molecule has 0 radical (unpaired) electrons. The van der Waals surface area contributed by atoms with E-state index in [0.717, 1.165) is 16.2 Å². The fourth-order valence-electron chi connectivity index (χ4n) is 2.46. The van der Waals surface area contributed by atoms with Crippen molar-refractivity contribution in [1.82, 2.24) is 9.71 Å². The van der Waals surface area contributed by atoms with Crippen LogP contribution in [0, 0.1) is 0 Å². The molecule has 1 aromatic heterocycles. The first-order valence-corrected chi connectivity index (χ1v) is 9.88. The van der Waals surface area contributed by atoms with Gasteiger partial charge in [0.25, 0.3) is 0 Å². The Hall–Kier alpha value is -1.90. The summed E-state index contributed by atoms with van der Waals surface area (Å²) >= 11 is 1.62. The largest absolute Gasteiger partial charge is 0.311 e. The molecule has 0 aliphatic carbocycles. The quantitative estimate of drug-likeness (QED) is 0.899. The van der Waals surface area contributed by atoms with E-state index in [1.165, 1.54) is 6.92 Å². The van der Waals surface area contributed by atoms with Crippen molar-refractivity contribution >= 4 is 33.4 Å². The normalized spacial score (nSPS) is 14.3. The van der Waals surface area contributed by atoms with Gasteiger partial charge in [-0.25, -0.2) is 13.1 Å². The third-order valence-electron chi connectivity index (χ3n) is 3.67. The minimum Gasteiger partial charge on any atom is -0.311 e. The lowest BCUT2D eigenvalue weighted by atomic mass is 10.2. The molecule has 0 atom stereocenters. The summed E-state index contributed by atoms with van der Waals surface area (Å²) < 4.78 is 27.6. The number of fused-ring (bicyclic) bond motifs is 1. The van der Waals surface area contributed by atoms with Crippen molar-refractivity contribution in [3.05, 3.63) is 48.3 Å². The molecule has 0 saturated heterocycles. The molecular weight excluding hydrogens is 346 g/mol. The number of hydrogen-bond donors (Lipinski definition) is 1. The van der Waals surface area contributed by atoms with Gasteiger partial charge in [0, 0.05) is 43.1 Å². The Labute approximate surface area is 145 Å². The predicted octanol–water partition coefficient (Wildman–Crippen LogP) is 2.02. The van der Waals surface area contributed by atoms with Crippen LogP contribution >= 0.6 is 11.8 Å². The van der Waals surface area contributed by atoms with Gasteiger partial charge in [0.15, 0.2) is 0 Å². The Morgan fingerprint density at radius 2 is 2.21 bits per heavy atom. The Morgan fingerprint density at radius 3 is 2.92 bits per heavy atom. The van der Waals surface area contributed by atoms with E-state index in [0.29, 0.717) is 12.2 Å². The molecule has 24 heavy (non-hydrogen) atoms. The number of thioether (sulfide) groups is 1. The van der Waals surface area contributed by atoms with Gasteiger partial charge in [-0.3, -0.25) is 9.78 Å². The highest BCUT2D eigenvalue weighted by molar-refractivity contribution is 7.99. The fraction of sp³-hybridized carbons (Fsp3) is 0.250. The highest BCUT2D eigenvalue weighted by Gasteiger charge is 2.23. The predicted molar refractivity (Wildman–Crippen MR) is 93.5 cm³/mol. The summed E-state index contributed by atoms with van der Waals surface area (Å²) in [7, 11) is -3.67. The zero-order chi connectivity index (χ0) is 17.2. The summed E-state index contributed by atoms with van der Waals surface area (Å²) in [5.41, 5.74) is 1.43. The molecule has 8 heteroatoms. The summed E-state index contributed by atoms with van der Waals surface area (Å²) in [6.07, 6.45) is 3.25. The maximum atomic E-state index is 12.5. The number of sulfonamides is 1. The van der Waals surface area contributed by atoms with E-state index in [2.05, 4.69) is 9.71 Å². The van der Waals surface area contributed by atoms with Gasteiger partial charge in [-0.15, -0.1) is 11.8 Å². The lowest BCUT2D eigenvalue weighted by molar-refractivity contribution is -0.116. The molecule has 2 heterocycles. The van der Waals surface area contributed by atoms with Crippen LogP contribution in [0.3, 0.4) is 0 Å². The van der Waals surface area contributed by atoms with E-state index >= 15 is 0 Å². The third-order valence-corrected chi connectivity index (χ3v) is 6.12. The minimum atomic E-state index is -3.67. The molecule has 1 aliphatic heterocycles. The van der Waals surface area contributed by atoms with Crippen molar-refractivity contribution in [2.24, 2.45) is 0 Å². The second-order valence-electron chi connectivity index (χ2n) is 5.33. The lowest BCUT2D eigenvalue weighted by Gasteiger charge is -2.28. The van der Waals surface area contributed by atoms with E-state index in [1.807, 2.05) is 0 Å². The molecule has 0 fully saturated rings. The summed E-state index contributed by atoms with van der Waals surface area (Å²) in [6.45, 7) is 2.24. The number of nitrogens with zero attached hydrogens (tertiary/aromatic N) is 2. The number of benzene rings is 1. The Bertz CT molecular complexity index is 854. The van der Waals surface area contributed by atoms with Gasteiger partial charge in [0.05, 0.1) is 10.6 Å². The number of hydrogen-bond acceptors (Lipinski definition) is 5. The maximum absolute atomic E-state index is 12.5. The smallest absolute Gasteiger partial charge is 0.240 e. The van der Waals surface area contributed by atoms with Gasteiger partial charge < -0.3 is 4.90 Å². The van der Waals surface area contributed by atoms with Crippen LogP contribution in [0.25, 0.3) is 0 Å². The number of nitrogens with one attached hydrogen (secondary N) is 1. The molecule has 0 spiro atoms. The molecule has 1 amide bonds. The number of anilines is 1. The molecular formula is C16H17N3O3S2. The first-order valence-electron chi connectivity index (χ1n) is 7.41. The van der Waals surface area contributed by atoms with Crippen LogP contribution < -0.4 is 9.62 Å². The zero-order valence-electron chi connectivity index (χ0n) is 13.1. The average molecular weight is 363 g/mol. The topological polar surface area (TPSA) is 79.4 Å². The van der Waals surface area contributed by atoms with Crippen LogP contribution in [-0.2, 0) is 21.4 Å². The Morgan fingerprint density at radius 1 is 1.38 bits per heavy atom. The van der Waals surface area contributed by atoms with Crippen LogP contribution in [0.2, 0.25) is 0 Å². The van der Waals surface area contributed by atoms with Crippen molar-refractivity contribution in [3.63, 3.8) is 0 Å². The summed E-state index contributed by atoms with van der Waals surface area (Å²) in [4.78, 5) is 18.4. The minimum absolute atomic E-state index is 0.0885. The van der Waals surface area contributed by atoms with E-state index in [9.17, 15) is 13.2 Å². The molecule has 0 bridgehead atoms. The molecule has 2 aromatic rings. The van der Waals surface area contributed by atoms with Gasteiger partial charge in [0.2, 0.25) is 15.9 Å². The van der Waals surface area contributed by atoms with E-state index < -0.39 is 10.0 Å². The van der Waals surface area contributed by atoms with E-state index in [-0.39, 0.29) is 17.3 Å². The number of carbonyl (C=O) groups is 1. The van der Waals surface area contributed by atoms with Crippen LogP contribution in [-0.4, -0.2) is 31.6 Å². The maximum Gasteiger partial charge on any atom is 0.240 e. The zero-order valence-corrected chi connectivity index (χ0v) is 14.7. The summed E-state index contributed by atoms with van der Waals surface area (Å²) in [6, 6.07) is 8.45. The molecule has 126 valence electrons. The second kappa shape index (κ2) is 6.92. The van der Waals surface area contributed by atoms with Crippen LogP contribution in [0.5, 0.6) is 0 Å². The van der Waals surface area contributed by atoms with Crippen molar-refractivity contribution in [1.29, 1.82) is 0 Å². The highest BCUT2D eigenvalue weighted by Crippen LogP contribution is 2.36. The lowest BCUT2D eigenvalue weighted by Crippen LogP contribution is -2.33. The van der Waals surface area contributed by atoms with Gasteiger partial charge in [-0.1, -0.05) is 6.07 Å². The van der Waals surface area contributed by atoms with Gasteiger partial charge in [-0.05, 0) is 29.8 Å². The Kier molecular flexibility index (Phi) is 4.88. The van der Waals surface area contributed by atoms with Crippen LogP contribution in [0.1, 0.15) is 12.5 Å². The highest BCUT2D eigenvalue weighted by atomic mass is 32.2. The van der Waals surface area contributed by atoms with Gasteiger partial charge >= 0.3 is 0 Å². The first kappa shape index (κ1) is 16.9. The van der Waals surface area contributed by atoms with Crippen molar-refractivity contribution < 1.29 is 13.2 Å². The number of rotatable bonds is 4. The molecule has 1 aliphatic rings. The number of carbonyl (C=O) groups excluding carboxylic acids is 1. The molecule has 0 unspecified atom stereocenters. The molecule has 3 rings (SSSR count). The van der Waals surface area contributed by atoms with E-state index in [1.54, 1.807) is 59.4 Å². The van der Waals surface area contributed by atoms with Crippen LogP contribution in [0.15, 0.2) is 52.5 Å². The first-order chi connectivity index (χ1) is 11.5. The summed E-state index contributed by atoms with van der Waals surface area (Å²) in [5, 5.41) is 0. The number of amides is 1. The SMILES string of the molecule is CC(=O)N1CCSc2ccc(S(=O)(=O)NCc3cccnc3)cc21. The molecule has 1 aromatic carbocycles. The Balaban J connectivity index is 1.86. The monoisotopic (exact) mass is 363 g/mol. The van der Waals surface area contributed by atoms with Crippen molar-refractivity contribution in [2.75, 3.05) is 17.2 Å². The second-order valence-corrected chi connectivity index (χ2v) is 8.24. The van der Waals surface area contributed by atoms with Crippen molar-refractivity contribution in [2.45, 2.75) is 23.3 Å². The molecule has 1 N–H and O–H groups in total. The van der Waals surface area contributed by atoms with Gasteiger partial charge in [0.1, 0.15) is 0 Å². The number of pyridine rings is 1. The number of aromatic nitrogens is 1. The van der Waals surface area contributed by atoms with E-state index in [4.69, 9.17) is 0 Å². The third kappa shape index (κ3) is 3.61. The summed E-state index contributed by atoms with van der Waals surface area (Å²) in [5.74, 6) is 0.715. The van der Waals surface area contributed by atoms with Crippen LogP contribution in [0.4, 0.5) is 5.69 Å². The van der Waals surface area contributed by atoms with Gasteiger partial charge in [-0.2, -0.15) is 0 Å². The van der Waals surface area contributed by atoms with Crippen molar-refractivity contribution in [3.8, 4) is 0 Å². The standard InChI is InChI=1S/C16H17N3O3S2/c1-12(20)19-7-8-23-16-5-4-14(9-15(16)19)24(21,22)18-11-13-3-2-6-17-10-13/h2-6,9-10,18H,7-8,11H2,1H3. The average Bonchev–Trinajstić information content (AvgIpc) is 2.60.